The highest BCUT2D eigenvalue weighted by molar-refractivity contribution is 5.53. The fraction of sp³-hybridized carbons (Fsp3) is 0.231. The summed E-state index contributed by atoms with van der Waals surface area (Å²) < 4.78 is 5.51. The summed E-state index contributed by atoms with van der Waals surface area (Å²) in [6, 6.07) is 10.3. The molecule has 0 spiro atoms. The predicted molar refractivity (Wildman–Crippen MR) is 59.0 cm³/mol. The van der Waals surface area contributed by atoms with E-state index in [2.05, 4.69) is 37.3 Å². The lowest BCUT2D eigenvalue weighted by atomic mass is 10.1. The van der Waals surface area contributed by atoms with Gasteiger partial charge >= 0.3 is 0 Å². The molecule has 0 aromatic heterocycles. The molecule has 0 fully saturated rings. The van der Waals surface area contributed by atoms with Crippen LogP contribution >= 0.6 is 0 Å². The van der Waals surface area contributed by atoms with E-state index in [4.69, 9.17) is 4.74 Å². The Morgan fingerprint density at radius 3 is 2.79 bits per heavy atom. The van der Waals surface area contributed by atoms with E-state index in [-0.39, 0.29) is 6.10 Å². The van der Waals surface area contributed by atoms with Gasteiger partial charge in [0.05, 0.1) is 12.7 Å². The van der Waals surface area contributed by atoms with Crippen LogP contribution in [-0.4, -0.2) is 12.7 Å². The highest BCUT2D eigenvalue weighted by Crippen LogP contribution is 2.16. The first-order valence-corrected chi connectivity index (χ1v) is 4.88. The fourth-order valence-electron chi connectivity index (χ4n) is 1.57. The SMILES string of the molecule is C/C(=C\c1ccccc1)[C@@H]1C=CCO1. The van der Waals surface area contributed by atoms with E-state index in [1.807, 2.05) is 18.2 Å². The molecule has 1 aliphatic heterocycles. The molecule has 2 rings (SSSR count). The third-order valence-electron chi connectivity index (χ3n) is 2.33. The zero-order valence-electron chi connectivity index (χ0n) is 8.31. The van der Waals surface area contributed by atoms with E-state index < -0.39 is 0 Å². The smallest absolute Gasteiger partial charge is 0.0972 e. The lowest BCUT2D eigenvalue weighted by Crippen LogP contribution is -2.05. The minimum Gasteiger partial charge on any atom is -0.366 e. The van der Waals surface area contributed by atoms with Crippen molar-refractivity contribution in [1.29, 1.82) is 0 Å². The summed E-state index contributed by atoms with van der Waals surface area (Å²) in [6.07, 6.45) is 6.51. The van der Waals surface area contributed by atoms with Crippen molar-refractivity contribution in [3.05, 3.63) is 53.6 Å². The number of benzene rings is 1. The molecule has 1 nitrogen and oxygen atoms in total. The van der Waals surface area contributed by atoms with Gasteiger partial charge < -0.3 is 4.74 Å². The van der Waals surface area contributed by atoms with Gasteiger partial charge in [-0.25, -0.2) is 0 Å². The molecule has 0 N–H and O–H groups in total. The van der Waals surface area contributed by atoms with Crippen LogP contribution in [0, 0.1) is 0 Å². The van der Waals surface area contributed by atoms with E-state index in [1.54, 1.807) is 0 Å². The minimum atomic E-state index is 0.176. The van der Waals surface area contributed by atoms with Gasteiger partial charge in [-0.1, -0.05) is 48.6 Å². The number of ether oxygens (including phenoxy) is 1. The summed E-state index contributed by atoms with van der Waals surface area (Å²) in [6.45, 7) is 2.85. The normalized spacial score (nSPS) is 21.5. The second kappa shape index (κ2) is 4.25. The van der Waals surface area contributed by atoms with Crippen LogP contribution < -0.4 is 0 Å². The number of rotatable bonds is 2. The molecule has 1 aromatic carbocycles. The van der Waals surface area contributed by atoms with E-state index in [0.29, 0.717) is 0 Å². The lowest BCUT2D eigenvalue weighted by Gasteiger charge is -2.08. The summed E-state index contributed by atoms with van der Waals surface area (Å²) >= 11 is 0. The molecule has 1 heteroatoms. The topological polar surface area (TPSA) is 9.23 Å². The molecular weight excluding hydrogens is 172 g/mol. The Labute approximate surface area is 84.7 Å². The minimum absolute atomic E-state index is 0.176. The highest BCUT2D eigenvalue weighted by Gasteiger charge is 2.10. The molecule has 72 valence electrons. The third kappa shape index (κ3) is 2.12. The second-order valence-corrected chi connectivity index (χ2v) is 3.48. The molecule has 1 heterocycles. The lowest BCUT2D eigenvalue weighted by molar-refractivity contribution is 0.154. The molecule has 0 saturated carbocycles. The zero-order chi connectivity index (χ0) is 9.80. The molecule has 1 atom stereocenters. The fourth-order valence-corrected chi connectivity index (χ4v) is 1.57. The van der Waals surface area contributed by atoms with E-state index >= 15 is 0 Å². The van der Waals surface area contributed by atoms with Crippen LogP contribution in [0.15, 0.2) is 48.1 Å². The Bertz CT molecular complexity index is 349. The molecule has 0 radical (unpaired) electrons. The van der Waals surface area contributed by atoms with Crippen LogP contribution in [0.1, 0.15) is 12.5 Å². The van der Waals surface area contributed by atoms with Crippen molar-refractivity contribution in [2.75, 3.05) is 6.61 Å². The molecule has 0 aliphatic carbocycles. The van der Waals surface area contributed by atoms with Crippen LogP contribution in [0.4, 0.5) is 0 Å². The van der Waals surface area contributed by atoms with Crippen molar-refractivity contribution in [1.82, 2.24) is 0 Å². The quantitative estimate of drug-likeness (QED) is 0.645. The maximum absolute atomic E-state index is 5.51. The summed E-state index contributed by atoms with van der Waals surface area (Å²) in [7, 11) is 0. The predicted octanol–water partition coefficient (Wildman–Crippen LogP) is 3.04. The second-order valence-electron chi connectivity index (χ2n) is 3.48. The van der Waals surface area contributed by atoms with Crippen LogP contribution in [0.3, 0.4) is 0 Å². The zero-order valence-corrected chi connectivity index (χ0v) is 8.31. The van der Waals surface area contributed by atoms with Crippen LogP contribution in [-0.2, 0) is 4.74 Å². The maximum Gasteiger partial charge on any atom is 0.0972 e. The highest BCUT2D eigenvalue weighted by atomic mass is 16.5. The van der Waals surface area contributed by atoms with Crippen LogP contribution in [0.25, 0.3) is 6.08 Å². The van der Waals surface area contributed by atoms with Crippen molar-refractivity contribution >= 4 is 6.08 Å². The van der Waals surface area contributed by atoms with Gasteiger partial charge in [-0.05, 0) is 18.1 Å². The van der Waals surface area contributed by atoms with Crippen molar-refractivity contribution in [3.63, 3.8) is 0 Å². The van der Waals surface area contributed by atoms with E-state index in [9.17, 15) is 0 Å². The van der Waals surface area contributed by atoms with Gasteiger partial charge in [0, 0.05) is 0 Å². The molecule has 1 aliphatic rings. The first-order chi connectivity index (χ1) is 6.86. The molecule has 0 saturated heterocycles. The van der Waals surface area contributed by atoms with E-state index in [1.165, 1.54) is 11.1 Å². The molecule has 1 aromatic rings. The molecule has 0 bridgehead atoms. The first kappa shape index (κ1) is 9.22. The van der Waals surface area contributed by atoms with E-state index in [0.717, 1.165) is 6.61 Å². The van der Waals surface area contributed by atoms with Gasteiger partial charge in [-0.2, -0.15) is 0 Å². The summed E-state index contributed by atoms with van der Waals surface area (Å²) in [5, 5.41) is 0. The number of hydrogen-bond acceptors (Lipinski definition) is 1. The number of hydrogen-bond donors (Lipinski definition) is 0. The van der Waals surface area contributed by atoms with Gasteiger partial charge in [-0.15, -0.1) is 0 Å². The standard InChI is InChI=1S/C13H14O/c1-11(13-8-5-9-14-13)10-12-6-3-2-4-7-12/h2-8,10,13H,9H2,1H3/b11-10+/t13-/m0/s1. The summed E-state index contributed by atoms with van der Waals surface area (Å²) in [5.41, 5.74) is 2.49. The largest absolute Gasteiger partial charge is 0.366 e. The molecule has 0 unspecified atom stereocenters. The third-order valence-corrected chi connectivity index (χ3v) is 2.33. The van der Waals surface area contributed by atoms with Crippen molar-refractivity contribution in [2.24, 2.45) is 0 Å². The maximum atomic E-state index is 5.51. The van der Waals surface area contributed by atoms with Gasteiger partial charge in [-0.3, -0.25) is 0 Å². The first-order valence-electron chi connectivity index (χ1n) is 4.88. The van der Waals surface area contributed by atoms with Crippen molar-refractivity contribution in [2.45, 2.75) is 13.0 Å². The Kier molecular flexibility index (Phi) is 2.80. The van der Waals surface area contributed by atoms with Gasteiger partial charge in [0.15, 0.2) is 0 Å². The molecule has 14 heavy (non-hydrogen) atoms. The van der Waals surface area contributed by atoms with Crippen molar-refractivity contribution in [3.8, 4) is 0 Å². The van der Waals surface area contributed by atoms with Gasteiger partial charge in [0.25, 0.3) is 0 Å². The van der Waals surface area contributed by atoms with Crippen molar-refractivity contribution < 1.29 is 4.74 Å². The average Bonchev–Trinajstić information content (AvgIpc) is 2.72. The molecule has 0 amide bonds. The average molecular weight is 186 g/mol. The van der Waals surface area contributed by atoms with Crippen LogP contribution in [0.2, 0.25) is 0 Å². The Balaban J connectivity index is 2.14. The van der Waals surface area contributed by atoms with Gasteiger partial charge in [0.2, 0.25) is 0 Å². The monoisotopic (exact) mass is 186 g/mol. The Morgan fingerprint density at radius 2 is 2.14 bits per heavy atom. The Morgan fingerprint density at radius 1 is 1.36 bits per heavy atom. The van der Waals surface area contributed by atoms with Gasteiger partial charge in [0.1, 0.15) is 0 Å². The molecular formula is C13H14O. The Hall–Kier alpha value is -1.34. The summed E-state index contributed by atoms with van der Waals surface area (Å²) in [4.78, 5) is 0. The van der Waals surface area contributed by atoms with Crippen LogP contribution in [0.5, 0.6) is 0 Å². The summed E-state index contributed by atoms with van der Waals surface area (Å²) in [5.74, 6) is 0.